The minimum atomic E-state index is -3.82. The summed E-state index contributed by atoms with van der Waals surface area (Å²) in [5.41, 5.74) is 1.49. The number of methoxy groups -OCH3 is 1. The molecule has 1 heterocycles. The molecule has 0 atom stereocenters. The zero-order valence-electron chi connectivity index (χ0n) is 14.5. The summed E-state index contributed by atoms with van der Waals surface area (Å²) in [6.07, 6.45) is 1.24. The van der Waals surface area contributed by atoms with Crippen LogP contribution in [0.5, 0.6) is 5.75 Å². The predicted octanol–water partition coefficient (Wildman–Crippen LogP) is 3.58. The quantitative estimate of drug-likeness (QED) is 0.840. The number of ether oxygens (including phenoxy) is 1. The number of nitrogens with one attached hydrogen (secondary N) is 1. The SMILES string of the molecule is COc1ccc(NS(=O)(=O)c2cc(Cl)ccc2C)cc1N1CCCC1=O. The van der Waals surface area contributed by atoms with E-state index >= 15 is 0 Å². The van der Waals surface area contributed by atoms with Crippen molar-refractivity contribution in [2.75, 3.05) is 23.3 Å². The van der Waals surface area contributed by atoms with E-state index < -0.39 is 10.0 Å². The number of amides is 1. The van der Waals surface area contributed by atoms with Crippen molar-refractivity contribution in [3.8, 4) is 5.75 Å². The third-order valence-corrected chi connectivity index (χ3v) is 5.99. The molecule has 0 saturated carbocycles. The first-order valence-corrected chi connectivity index (χ1v) is 9.95. The number of nitrogens with zero attached hydrogens (tertiary/aromatic N) is 1. The van der Waals surface area contributed by atoms with Gasteiger partial charge in [0.25, 0.3) is 10.0 Å². The molecule has 1 aliphatic heterocycles. The Morgan fingerprint density at radius 3 is 2.62 bits per heavy atom. The molecule has 8 heteroatoms. The van der Waals surface area contributed by atoms with Crippen LogP contribution in [-0.4, -0.2) is 28.0 Å². The minimum Gasteiger partial charge on any atom is -0.495 e. The van der Waals surface area contributed by atoms with E-state index in [1.54, 1.807) is 42.2 Å². The number of benzene rings is 2. The van der Waals surface area contributed by atoms with Crippen LogP contribution in [0.3, 0.4) is 0 Å². The molecule has 0 bridgehead atoms. The fraction of sp³-hybridized carbons (Fsp3) is 0.278. The molecule has 1 N–H and O–H groups in total. The van der Waals surface area contributed by atoms with Gasteiger partial charge < -0.3 is 9.64 Å². The number of aryl methyl sites for hydroxylation is 1. The largest absolute Gasteiger partial charge is 0.495 e. The van der Waals surface area contributed by atoms with Gasteiger partial charge in [0.1, 0.15) is 5.75 Å². The molecular formula is C18H19ClN2O4S. The average molecular weight is 395 g/mol. The van der Waals surface area contributed by atoms with Crippen LogP contribution in [-0.2, 0) is 14.8 Å². The molecule has 1 aliphatic rings. The second kappa shape index (κ2) is 7.17. The van der Waals surface area contributed by atoms with Crippen molar-refractivity contribution in [2.24, 2.45) is 0 Å². The molecule has 0 radical (unpaired) electrons. The van der Waals surface area contributed by atoms with Gasteiger partial charge in [0, 0.05) is 18.0 Å². The molecule has 2 aromatic rings. The Labute approximate surface area is 157 Å². The van der Waals surface area contributed by atoms with Crippen LogP contribution in [0.1, 0.15) is 18.4 Å². The van der Waals surface area contributed by atoms with E-state index in [0.29, 0.717) is 40.7 Å². The molecule has 0 spiro atoms. The van der Waals surface area contributed by atoms with Crippen molar-refractivity contribution >= 4 is 38.9 Å². The monoisotopic (exact) mass is 394 g/mol. The van der Waals surface area contributed by atoms with Gasteiger partial charge in [-0.05, 0) is 49.2 Å². The van der Waals surface area contributed by atoms with Crippen LogP contribution < -0.4 is 14.4 Å². The Morgan fingerprint density at radius 1 is 1.19 bits per heavy atom. The molecule has 6 nitrogen and oxygen atoms in total. The molecule has 0 aromatic heterocycles. The average Bonchev–Trinajstić information content (AvgIpc) is 3.02. The summed E-state index contributed by atoms with van der Waals surface area (Å²) in [5, 5.41) is 0.342. The lowest BCUT2D eigenvalue weighted by Gasteiger charge is -2.20. The van der Waals surface area contributed by atoms with Crippen molar-refractivity contribution in [1.29, 1.82) is 0 Å². The Kier molecular flexibility index (Phi) is 5.11. The fourth-order valence-electron chi connectivity index (χ4n) is 2.94. The summed E-state index contributed by atoms with van der Waals surface area (Å²) in [4.78, 5) is 13.8. The van der Waals surface area contributed by atoms with Gasteiger partial charge >= 0.3 is 0 Å². The number of halogens is 1. The lowest BCUT2D eigenvalue weighted by Crippen LogP contribution is -2.24. The highest BCUT2D eigenvalue weighted by molar-refractivity contribution is 7.92. The Morgan fingerprint density at radius 2 is 1.96 bits per heavy atom. The standard InChI is InChI=1S/C18H19ClN2O4S/c1-12-5-6-13(19)10-17(12)26(23,24)20-14-7-8-16(25-2)15(11-14)21-9-3-4-18(21)22/h5-8,10-11,20H,3-4,9H2,1-2H3. The minimum absolute atomic E-state index is 0.00556. The number of sulfonamides is 1. The smallest absolute Gasteiger partial charge is 0.262 e. The van der Waals surface area contributed by atoms with Gasteiger partial charge in [0.2, 0.25) is 5.91 Å². The van der Waals surface area contributed by atoms with Gasteiger partial charge in [-0.1, -0.05) is 17.7 Å². The molecule has 0 unspecified atom stereocenters. The lowest BCUT2D eigenvalue weighted by molar-refractivity contribution is -0.117. The number of hydrogen-bond acceptors (Lipinski definition) is 4. The lowest BCUT2D eigenvalue weighted by atomic mass is 10.2. The van der Waals surface area contributed by atoms with Crippen LogP contribution in [0, 0.1) is 6.92 Å². The molecule has 2 aromatic carbocycles. The second-order valence-electron chi connectivity index (χ2n) is 6.05. The van der Waals surface area contributed by atoms with Gasteiger partial charge in [-0.3, -0.25) is 9.52 Å². The van der Waals surface area contributed by atoms with Crippen LogP contribution >= 0.6 is 11.6 Å². The summed E-state index contributed by atoms with van der Waals surface area (Å²) in [6, 6.07) is 9.55. The van der Waals surface area contributed by atoms with Crippen molar-refractivity contribution in [3.63, 3.8) is 0 Å². The molecule has 1 fully saturated rings. The van der Waals surface area contributed by atoms with Crippen molar-refractivity contribution in [3.05, 3.63) is 47.0 Å². The normalized spacial score (nSPS) is 14.6. The summed E-state index contributed by atoms with van der Waals surface area (Å²) in [7, 11) is -2.31. The van der Waals surface area contributed by atoms with Crippen LogP contribution in [0.25, 0.3) is 0 Å². The highest BCUT2D eigenvalue weighted by Gasteiger charge is 2.25. The van der Waals surface area contributed by atoms with E-state index in [0.717, 1.165) is 6.42 Å². The maximum atomic E-state index is 12.7. The summed E-state index contributed by atoms with van der Waals surface area (Å²) < 4.78 is 33.4. The number of hydrogen-bond donors (Lipinski definition) is 1. The van der Waals surface area contributed by atoms with Gasteiger partial charge in [0.05, 0.1) is 23.4 Å². The summed E-state index contributed by atoms with van der Waals surface area (Å²) >= 11 is 5.94. The van der Waals surface area contributed by atoms with E-state index in [4.69, 9.17) is 16.3 Å². The zero-order chi connectivity index (χ0) is 18.9. The van der Waals surface area contributed by atoms with Crippen LogP contribution in [0.2, 0.25) is 5.02 Å². The van der Waals surface area contributed by atoms with E-state index in [9.17, 15) is 13.2 Å². The van der Waals surface area contributed by atoms with Crippen molar-refractivity contribution in [2.45, 2.75) is 24.7 Å². The highest BCUT2D eigenvalue weighted by Crippen LogP contribution is 2.35. The fourth-order valence-corrected chi connectivity index (χ4v) is 4.50. The maximum absolute atomic E-state index is 12.7. The topological polar surface area (TPSA) is 75.7 Å². The van der Waals surface area contributed by atoms with Crippen molar-refractivity contribution in [1.82, 2.24) is 0 Å². The van der Waals surface area contributed by atoms with Crippen molar-refractivity contribution < 1.29 is 17.9 Å². The van der Waals surface area contributed by atoms with Crippen LogP contribution in [0.15, 0.2) is 41.3 Å². The summed E-state index contributed by atoms with van der Waals surface area (Å²) in [6.45, 7) is 2.28. The Bertz CT molecular complexity index is 960. The van der Waals surface area contributed by atoms with Gasteiger partial charge in [-0.15, -0.1) is 0 Å². The number of carbonyl (C=O) groups is 1. The number of rotatable bonds is 5. The molecule has 3 rings (SSSR count). The first kappa shape index (κ1) is 18.5. The van der Waals surface area contributed by atoms with E-state index in [-0.39, 0.29) is 10.8 Å². The zero-order valence-corrected chi connectivity index (χ0v) is 16.0. The molecule has 1 saturated heterocycles. The molecule has 26 heavy (non-hydrogen) atoms. The van der Waals surface area contributed by atoms with Crippen LogP contribution in [0.4, 0.5) is 11.4 Å². The number of anilines is 2. The molecule has 138 valence electrons. The molecule has 0 aliphatic carbocycles. The predicted molar refractivity (Wildman–Crippen MR) is 102 cm³/mol. The number of carbonyl (C=O) groups excluding carboxylic acids is 1. The highest BCUT2D eigenvalue weighted by atomic mass is 35.5. The molecule has 1 amide bonds. The Hall–Kier alpha value is -2.25. The maximum Gasteiger partial charge on any atom is 0.262 e. The van der Waals surface area contributed by atoms with E-state index in [1.807, 2.05) is 0 Å². The van der Waals surface area contributed by atoms with E-state index in [1.165, 1.54) is 13.2 Å². The van der Waals surface area contributed by atoms with Gasteiger partial charge in [0.15, 0.2) is 0 Å². The van der Waals surface area contributed by atoms with E-state index in [2.05, 4.69) is 4.72 Å². The molecular weight excluding hydrogens is 376 g/mol. The third kappa shape index (κ3) is 3.64. The van der Waals surface area contributed by atoms with Gasteiger partial charge in [-0.25, -0.2) is 8.42 Å². The second-order valence-corrected chi connectivity index (χ2v) is 8.14. The first-order valence-electron chi connectivity index (χ1n) is 8.09. The first-order chi connectivity index (χ1) is 12.3. The Balaban J connectivity index is 1.97. The van der Waals surface area contributed by atoms with Gasteiger partial charge in [-0.2, -0.15) is 0 Å². The third-order valence-electron chi connectivity index (χ3n) is 4.23. The summed E-state index contributed by atoms with van der Waals surface area (Å²) in [5.74, 6) is 0.510.